The van der Waals surface area contributed by atoms with Gasteiger partial charge >= 0.3 is 5.97 Å². The van der Waals surface area contributed by atoms with E-state index in [4.69, 9.17) is 9.66 Å². The van der Waals surface area contributed by atoms with Gasteiger partial charge in [-0.25, -0.2) is 0 Å². The lowest BCUT2D eigenvalue weighted by atomic mass is 9.75. The Hall–Kier alpha value is -1.73. The van der Waals surface area contributed by atoms with Crippen LogP contribution < -0.4 is 0 Å². The van der Waals surface area contributed by atoms with E-state index in [1.54, 1.807) is 6.07 Å². The Kier molecular flexibility index (Phi) is 4.91. The van der Waals surface area contributed by atoms with Crippen LogP contribution in [0, 0.1) is 0 Å². The topological polar surface area (TPSA) is 104 Å². The van der Waals surface area contributed by atoms with Gasteiger partial charge in [-0.2, -0.15) is 8.42 Å². The maximum absolute atomic E-state index is 10.9. The summed E-state index contributed by atoms with van der Waals surface area (Å²) in [6.45, 7) is 3.97. The van der Waals surface area contributed by atoms with Gasteiger partial charge in [0.25, 0.3) is 10.1 Å². The Bertz CT molecular complexity index is 754. The predicted molar refractivity (Wildman–Crippen MR) is 88.2 cm³/mol. The molecule has 1 aliphatic heterocycles. The SMILES string of the molecule is CC1=Nc2ccc(CC(=O)O)cc2C1(C)CCCCS(=O)(=O)O. The number of rotatable bonds is 7. The zero-order valence-electron chi connectivity index (χ0n) is 13.2. The standard InChI is InChI=1S/C16H21NO5S/c1-11-16(2,7-3-4-8-23(20,21)22)13-9-12(10-15(18)19)5-6-14(13)17-11/h5-6,9H,3-4,7-8,10H2,1-2H3,(H,18,19)(H,20,21,22). The van der Waals surface area contributed by atoms with E-state index < -0.39 is 16.1 Å². The normalized spacial score (nSPS) is 20.2. The molecule has 6 nitrogen and oxygen atoms in total. The van der Waals surface area contributed by atoms with Crippen LogP contribution in [0.1, 0.15) is 44.2 Å². The van der Waals surface area contributed by atoms with Crippen molar-refractivity contribution in [2.75, 3.05) is 5.75 Å². The van der Waals surface area contributed by atoms with Crippen LogP contribution in [0.5, 0.6) is 0 Å². The fourth-order valence-corrected chi connectivity index (χ4v) is 3.55. The van der Waals surface area contributed by atoms with Crippen LogP contribution in [-0.4, -0.2) is 35.5 Å². The second-order valence-electron chi connectivity index (χ2n) is 6.19. The monoisotopic (exact) mass is 339 g/mol. The van der Waals surface area contributed by atoms with Gasteiger partial charge in [0.2, 0.25) is 0 Å². The number of hydrogen-bond acceptors (Lipinski definition) is 4. The minimum atomic E-state index is -3.93. The zero-order chi connectivity index (χ0) is 17.3. The van der Waals surface area contributed by atoms with Gasteiger partial charge in [-0.05, 0) is 37.0 Å². The van der Waals surface area contributed by atoms with Crippen molar-refractivity contribution in [1.29, 1.82) is 0 Å². The van der Waals surface area contributed by atoms with E-state index in [1.165, 1.54) is 0 Å². The molecule has 0 aliphatic carbocycles. The third kappa shape index (κ3) is 4.17. The van der Waals surface area contributed by atoms with Crippen molar-refractivity contribution in [3.05, 3.63) is 29.3 Å². The van der Waals surface area contributed by atoms with Crippen LogP contribution in [0.15, 0.2) is 23.2 Å². The average molecular weight is 339 g/mol. The van der Waals surface area contributed by atoms with E-state index in [0.717, 1.165) is 22.5 Å². The summed E-state index contributed by atoms with van der Waals surface area (Å²) in [4.78, 5) is 15.4. The highest BCUT2D eigenvalue weighted by molar-refractivity contribution is 7.85. The first-order valence-electron chi connectivity index (χ1n) is 7.48. The molecular formula is C16H21NO5S. The Morgan fingerprint density at radius 2 is 2.00 bits per heavy atom. The van der Waals surface area contributed by atoms with Gasteiger partial charge in [0.05, 0.1) is 17.9 Å². The van der Waals surface area contributed by atoms with Crippen molar-refractivity contribution in [1.82, 2.24) is 0 Å². The highest BCUT2D eigenvalue weighted by Gasteiger charge is 2.36. The van der Waals surface area contributed by atoms with Crippen molar-refractivity contribution in [3.63, 3.8) is 0 Å². The van der Waals surface area contributed by atoms with E-state index >= 15 is 0 Å². The third-order valence-corrected chi connectivity index (χ3v) is 5.23. The van der Waals surface area contributed by atoms with E-state index in [0.29, 0.717) is 19.3 Å². The lowest BCUT2D eigenvalue weighted by Gasteiger charge is -2.26. The van der Waals surface area contributed by atoms with Crippen LogP contribution in [0.25, 0.3) is 0 Å². The minimum Gasteiger partial charge on any atom is -0.481 e. The maximum Gasteiger partial charge on any atom is 0.307 e. The molecule has 1 atom stereocenters. The molecule has 1 aromatic carbocycles. The van der Waals surface area contributed by atoms with Crippen molar-refractivity contribution in [2.24, 2.45) is 4.99 Å². The number of carboxylic acid groups (broad SMARTS) is 1. The fraction of sp³-hybridized carbons (Fsp3) is 0.500. The minimum absolute atomic E-state index is 0.0365. The van der Waals surface area contributed by atoms with Gasteiger partial charge in [0.1, 0.15) is 0 Å². The fourth-order valence-electron chi connectivity index (χ4n) is 2.98. The molecule has 0 bridgehead atoms. The number of carbonyl (C=O) groups is 1. The van der Waals surface area contributed by atoms with Crippen molar-refractivity contribution in [3.8, 4) is 0 Å². The van der Waals surface area contributed by atoms with Crippen molar-refractivity contribution in [2.45, 2.75) is 44.9 Å². The van der Waals surface area contributed by atoms with Gasteiger partial charge in [0.15, 0.2) is 0 Å². The van der Waals surface area contributed by atoms with E-state index in [2.05, 4.69) is 4.99 Å². The predicted octanol–water partition coefficient (Wildman–Crippen LogP) is 2.74. The Morgan fingerprint density at radius 3 is 2.61 bits per heavy atom. The summed E-state index contributed by atoms with van der Waals surface area (Å²) < 4.78 is 30.4. The third-order valence-electron chi connectivity index (χ3n) is 4.43. The van der Waals surface area contributed by atoms with E-state index in [-0.39, 0.29) is 17.6 Å². The van der Waals surface area contributed by atoms with Crippen molar-refractivity contribution < 1.29 is 22.9 Å². The summed E-state index contributed by atoms with van der Waals surface area (Å²) in [6, 6.07) is 5.49. The molecule has 2 rings (SSSR count). The number of aliphatic imine (C=N–C) groups is 1. The molecule has 0 saturated carbocycles. The molecule has 0 spiro atoms. The molecule has 1 unspecified atom stereocenters. The number of aliphatic carboxylic acids is 1. The number of unbranched alkanes of at least 4 members (excludes halogenated alkanes) is 1. The molecule has 0 saturated heterocycles. The quantitative estimate of drug-likeness (QED) is 0.587. The Labute approximate surface area is 136 Å². The molecule has 7 heteroatoms. The molecule has 1 heterocycles. The largest absolute Gasteiger partial charge is 0.481 e. The molecule has 1 aromatic rings. The second kappa shape index (κ2) is 6.41. The molecule has 0 aromatic heterocycles. The average Bonchev–Trinajstić information content (AvgIpc) is 2.66. The molecule has 0 fully saturated rings. The van der Waals surface area contributed by atoms with Crippen LogP contribution in [-0.2, 0) is 26.7 Å². The number of hydrogen-bond donors (Lipinski definition) is 2. The molecule has 0 radical (unpaired) electrons. The molecule has 23 heavy (non-hydrogen) atoms. The molecule has 0 amide bonds. The van der Waals surface area contributed by atoms with Crippen molar-refractivity contribution >= 4 is 27.5 Å². The first-order chi connectivity index (χ1) is 10.6. The summed E-state index contributed by atoms with van der Waals surface area (Å²) in [7, 11) is -3.93. The number of nitrogens with zero attached hydrogens (tertiary/aromatic N) is 1. The molecular weight excluding hydrogens is 318 g/mol. The summed E-state index contributed by atoms with van der Waals surface area (Å²) in [5.41, 5.74) is 3.16. The van der Waals surface area contributed by atoms with E-state index in [1.807, 2.05) is 26.0 Å². The highest BCUT2D eigenvalue weighted by Crippen LogP contribution is 2.43. The Morgan fingerprint density at radius 1 is 1.30 bits per heavy atom. The summed E-state index contributed by atoms with van der Waals surface area (Å²) in [6.07, 6.45) is 1.67. The number of fused-ring (bicyclic) bond motifs is 1. The first-order valence-corrected chi connectivity index (χ1v) is 9.09. The van der Waals surface area contributed by atoms with Gasteiger partial charge in [0, 0.05) is 11.1 Å². The van der Waals surface area contributed by atoms with E-state index in [9.17, 15) is 13.2 Å². The van der Waals surface area contributed by atoms with Gasteiger partial charge in [-0.1, -0.05) is 25.5 Å². The van der Waals surface area contributed by atoms with Crippen LogP contribution in [0.4, 0.5) is 5.69 Å². The van der Waals surface area contributed by atoms with Gasteiger partial charge in [-0.3, -0.25) is 14.3 Å². The molecule has 126 valence electrons. The Balaban J connectivity index is 2.16. The summed E-state index contributed by atoms with van der Waals surface area (Å²) >= 11 is 0. The maximum atomic E-state index is 10.9. The smallest absolute Gasteiger partial charge is 0.307 e. The van der Waals surface area contributed by atoms with Crippen LogP contribution in [0.2, 0.25) is 0 Å². The first kappa shape index (κ1) is 17.6. The zero-order valence-corrected chi connectivity index (χ0v) is 14.1. The highest BCUT2D eigenvalue weighted by atomic mass is 32.2. The second-order valence-corrected chi connectivity index (χ2v) is 7.77. The summed E-state index contributed by atoms with van der Waals surface area (Å²) in [5, 5.41) is 8.94. The molecule has 2 N–H and O–H groups in total. The number of benzene rings is 1. The lowest BCUT2D eigenvalue weighted by molar-refractivity contribution is -0.136. The number of carboxylic acids is 1. The lowest BCUT2D eigenvalue weighted by Crippen LogP contribution is -2.27. The van der Waals surface area contributed by atoms with Crippen LogP contribution >= 0.6 is 0 Å². The van der Waals surface area contributed by atoms with Gasteiger partial charge < -0.3 is 5.11 Å². The summed E-state index contributed by atoms with van der Waals surface area (Å²) in [5.74, 6) is -1.12. The molecule has 1 aliphatic rings. The van der Waals surface area contributed by atoms with Crippen LogP contribution in [0.3, 0.4) is 0 Å². The van der Waals surface area contributed by atoms with Gasteiger partial charge in [-0.15, -0.1) is 0 Å².